The number of halogens is 8. The van der Waals surface area contributed by atoms with Gasteiger partial charge in [0, 0.05) is 58.4 Å². The third-order valence-corrected chi connectivity index (χ3v) is 16.9. The molecule has 35 heteroatoms. The van der Waals surface area contributed by atoms with E-state index < -0.39 is 57.0 Å². The molecule has 4 aliphatic heterocycles. The average molecular weight is 1710 g/mol. The normalized spacial score (nSPS) is 14.9. The first-order valence-corrected chi connectivity index (χ1v) is 33.9. The van der Waals surface area contributed by atoms with Gasteiger partial charge in [0.15, 0.2) is 28.3 Å². The summed E-state index contributed by atoms with van der Waals surface area (Å²) in [7, 11) is 0. The number of phenols is 3. The first-order chi connectivity index (χ1) is 45.5. The second kappa shape index (κ2) is 34.6. The first kappa shape index (κ1) is 83.8. The number of nitrogen functional groups attached to an aromatic ring is 2. The van der Waals surface area contributed by atoms with Crippen molar-refractivity contribution in [3.05, 3.63) is 137 Å². The molecule has 536 valence electrons. The Kier molecular flexibility index (Phi) is 29.3. The third kappa shape index (κ3) is 24.6. The largest absolute Gasteiger partial charge is 0.506 e. The number of nitrogens with zero attached hydrogens (tertiary/aromatic N) is 3. The Balaban J connectivity index is 0.000000250. The van der Waals surface area contributed by atoms with Crippen LogP contribution in [0, 0.1) is 20.2 Å². The first-order valence-electron chi connectivity index (χ1n) is 29.2. The van der Waals surface area contributed by atoms with Gasteiger partial charge in [-0.3, -0.25) is 49.0 Å². The summed E-state index contributed by atoms with van der Waals surface area (Å²) in [4.78, 5) is 91.1. The summed E-state index contributed by atoms with van der Waals surface area (Å²) in [5.74, 6) is -0.544. The lowest BCUT2D eigenvalue weighted by Gasteiger charge is -2.36. The molecule has 13 N–H and O–H groups in total. The Morgan fingerprint density at radius 2 is 0.949 bits per heavy atom. The highest BCUT2D eigenvalue weighted by molar-refractivity contribution is 9.20. The maximum Gasteiger partial charge on any atom is 0.314 e. The zero-order valence-corrected chi connectivity index (χ0v) is 64.6. The molecule has 99 heavy (non-hydrogen) atoms. The van der Waals surface area contributed by atoms with Crippen molar-refractivity contribution in [2.45, 2.75) is 113 Å². The van der Waals surface area contributed by atoms with Gasteiger partial charge in [0.1, 0.15) is 11.5 Å². The van der Waals surface area contributed by atoms with Gasteiger partial charge in [0.2, 0.25) is 28.0 Å². The van der Waals surface area contributed by atoms with Crippen molar-refractivity contribution >= 4 is 201 Å². The molecule has 6 aromatic rings. The monoisotopic (exact) mass is 1710 g/mol. The minimum absolute atomic E-state index is 0.00972. The molecule has 0 unspecified atom stereocenters. The van der Waals surface area contributed by atoms with Crippen LogP contribution in [0.3, 0.4) is 0 Å². The summed E-state index contributed by atoms with van der Waals surface area (Å²) < 4.78 is 14.8. The Bertz CT molecular complexity index is 4030. The van der Waals surface area contributed by atoms with Gasteiger partial charge in [-0.1, -0.05) is 106 Å². The molecular weight excluding hydrogens is 1640 g/mol. The number of piperazine rings is 1. The number of nitro groups is 2. The molecule has 0 aromatic heterocycles. The fourth-order valence-corrected chi connectivity index (χ4v) is 8.76. The predicted molar refractivity (Wildman–Crippen MR) is 401 cm³/mol. The van der Waals surface area contributed by atoms with Crippen LogP contribution in [0.1, 0.15) is 83.1 Å². The summed E-state index contributed by atoms with van der Waals surface area (Å²) >= 11 is 35.0. The molecule has 1 fully saturated rings. The van der Waals surface area contributed by atoms with Gasteiger partial charge in [-0.15, -0.1) is 0 Å². The number of benzene rings is 6. The number of carbonyl (C=O) groups is 6. The van der Waals surface area contributed by atoms with Crippen molar-refractivity contribution in [1.29, 1.82) is 0 Å². The van der Waals surface area contributed by atoms with E-state index in [0.717, 1.165) is 49.4 Å². The van der Waals surface area contributed by atoms with E-state index in [9.17, 15) is 59.2 Å². The topological polar surface area (TPSA) is 405 Å². The van der Waals surface area contributed by atoms with Gasteiger partial charge in [-0.2, -0.15) is 0 Å². The minimum Gasteiger partial charge on any atom is -0.506 e. The molecule has 4 heterocycles. The number of phenolic OH excluding ortho intramolecular Hbond substituents is 3. The highest BCUT2D eigenvalue weighted by Crippen LogP contribution is 2.45. The van der Waals surface area contributed by atoms with Crippen molar-refractivity contribution in [3.63, 3.8) is 0 Å². The van der Waals surface area contributed by atoms with Crippen LogP contribution >= 0.6 is 110 Å². The number of anilines is 8. The molecule has 27 nitrogen and oxygen atoms in total. The fourth-order valence-electron chi connectivity index (χ4n) is 7.79. The number of aromatic hydroxyl groups is 3. The lowest BCUT2D eigenvalue weighted by Crippen LogP contribution is -2.47. The van der Waals surface area contributed by atoms with Gasteiger partial charge in [-0.25, -0.2) is 0 Å². The number of nitrogens with one attached hydrogen (secondary N) is 6. The second-order valence-corrected chi connectivity index (χ2v) is 32.8. The summed E-state index contributed by atoms with van der Waals surface area (Å²) in [6.07, 6.45) is 0. The molecule has 0 saturated carbocycles. The number of rotatable bonds is 8. The maximum atomic E-state index is 11.9. The van der Waals surface area contributed by atoms with E-state index in [0.29, 0.717) is 38.5 Å². The van der Waals surface area contributed by atoms with Crippen LogP contribution in [0.5, 0.6) is 34.5 Å². The zero-order chi connectivity index (χ0) is 75.2. The van der Waals surface area contributed by atoms with Gasteiger partial charge < -0.3 is 77.8 Å². The van der Waals surface area contributed by atoms with E-state index in [1.165, 1.54) is 56.3 Å². The van der Waals surface area contributed by atoms with E-state index in [1.54, 1.807) is 99.6 Å². The molecule has 5 amide bonds. The summed E-state index contributed by atoms with van der Waals surface area (Å²) in [5, 5.41) is 67.2. The molecule has 0 radical (unpaired) electrons. The van der Waals surface area contributed by atoms with Crippen LogP contribution in [0.2, 0.25) is 20.1 Å². The quantitative estimate of drug-likeness (QED) is 0.0168. The van der Waals surface area contributed by atoms with Crippen molar-refractivity contribution in [2.75, 3.05) is 69.1 Å². The molecule has 6 aromatic carbocycles. The lowest BCUT2D eigenvalue weighted by atomic mass is 10.1. The maximum absolute atomic E-state index is 11.9. The SMILES string of the molecule is CC(C)(Br)C(=O)Br.CC(C)(Br)C(=O)Nc1cc(Cl)cc([N+](=O)[O-])c1O.CC(C)(Br)C(=O)Nc1cc(Cl)ccc1O.CC1(C)Oc2c(N)cccc2NC1=O.CC1(C)Oc2c(cc(Cl)cc2[N+](=O)[O-])NC1=O.CC1(C)Oc2c(cccc2N2CCNCC2)NC1=O.Nc1cc(Cl)ccc1O. The number of fused-ring (bicyclic) bond motifs is 3. The number of amides is 5. The number of para-hydroxylation sites is 2. The third-order valence-electron chi connectivity index (χ3n) is 13.4. The molecular formula is C64H73Br4Cl4N11O16. The number of alkyl halides is 3. The van der Waals surface area contributed by atoms with Crippen LogP contribution in [-0.4, -0.2) is 115 Å². The van der Waals surface area contributed by atoms with Gasteiger partial charge in [0.25, 0.3) is 17.7 Å². The smallest absolute Gasteiger partial charge is 0.314 e. The predicted octanol–water partition coefficient (Wildman–Crippen LogP) is 14.9. The van der Waals surface area contributed by atoms with E-state index in [1.807, 2.05) is 12.1 Å². The van der Waals surface area contributed by atoms with E-state index in [-0.39, 0.29) is 72.7 Å². The van der Waals surface area contributed by atoms with E-state index in [2.05, 4.69) is 107 Å². The number of hydrogen-bond acceptors (Lipinski definition) is 20. The fraction of sp³-hybridized carbons (Fsp3) is 0.344. The minimum atomic E-state index is -1.15. The molecule has 0 bridgehead atoms. The average Bonchev–Trinajstić information content (AvgIpc) is 0.786. The van der Waals surface area contributed by atoms with Crippen molar-refractivity contribution < 1.29 is 68.1 Å². The lowest BCUT2D eigenvalue weighted by molar-refractivity contribution is -0.386. The molecule has 0 atom stereocenters. The summed E-state index contributed by atoms with van der Waals surface area (Å²) in [6.45, 7) is 24.1. The Labute approximate surface area is 623 Å². The standard InChI is InChI=1S/C14H19N3O2.C10H10BrClN2O4.C10H11BrClNO2.C10H9ClN2O4.C10H12N2O2.C6H6ClNO.C4H6Br2O/c1-14(2)13(18)16-10-4-3-5-11(12(10)19-14)17-8-6-15-7-9-17;1-10(2,11)9(16)13-6-3-5(12)4-7(8(6)15)14(17)18;1-10(2,11)9(15)13-7-5-6(12)3-4-8(7)14;1-10(2)9(14)12-6-3-5(11)4-7(13(15)16)8(6)17-10;1-10(2)9(13)12-7-5-3-4-6(11)8(7)14-10;7-4-1-2-6(9)5(8)3-4;1-4(2,6)3(5)7/h3-5,15H,6-9H2,1-2H3,(H,16,18);3-4,15H,1-2H3,(H,13,16);3-5,14H,1-2H3,(H,13,15);3-4H,1-2H3,(H,12,14);3-5H,11H2,1-2H3,(H,12,13);1-3,9H,8H2;1-2H3. The van der Waals surface area contributed by atoms with E-state index in [4.69, 9.17) is 77.2 Å². The number of nitro benzene ring substituents is 2. The summed E-state index contributed by atoms with van der Waals surface area (Å²) in [6, 6.07) is 25.0. The van der Waals surface area contributed by atoms with Crippen LogP contribution in [0.4, 0.5) is 56.9 Å². The van der Waals surface area contributed by atoms with Crippen LogP contribution in [0.15, 0.2) is 97.1 Å². The van der Waals surface area contributed by atoms with Crippen LogP contribution in [0.25, 0.3) is 0 Å². The van der Waals surface area contributed by atoms with Crippen LogP contribution < -0.4 is 62.5 Å². The van der Waals surface area contributed by atoms with Crippen LogP contribution in [-0.2, 0) is 28.8 Å². The number of nitrogens with two attached hydrogens (primary N) is 2. The van der Waals surface area contributed by atoms with Gasteiger partial charge >= 0.3 is 11.4 Å². The molecule has 10 rings (SSSR count). The second-order valence-electron chi connectivity index (χ2n) is 24.4. The van der Waals surface area contributed by atoms with Gasteiger partial charge in [0.05, 0.1) is 68.3 Å². The molecule has 0 aliphatic carbocycles. The number of carbonyl (C=O) groups excluding carboxylic acids is 6. The highest BCUT2D eigenvalue weighted by atomic mass is 79.9. The molecule has 0 spiro atoms. The molecule has 1 saturated heterocycles. The van der Waals surface area contributed by atoms with Gasteiger partial charge in [-0.05, 0) is 172 Å². The van der Waals surface area contributed by atoms with Crippen molar-refractivity contribution in [1.82, 2.24) is 5.32 Å². The Morgan fingerprint density at radius 1 is 0.545 bits per heavy atom. The van der Waals surface area contributed by atoms with Crippen molar-refractivity contribution in [2.24, 2.45) is 0 Å². The highest BCUT2D eigenvalue weighted by Gasteiger charge is 2.41. The zero-order valence-electron chi connectivity index (χ0n) is 55.2. The summed E-state index contributed by atoms with van der Waals surface area (Å²) in [5.41, 5.74) is 11.1. The number of hydrogen-bond donors (Lipinski definition) is 11. The number of ether oxygens (including phenoxy) is 3. The Hall–Kier alpha value is -7.62. The molecule has 4 aliphatic rings. The van der Waals surface area contributed by atoms with E-state index >= 15 is 0 Å². The van der Waals surface area contributed by atoms with Crippen molar-refractivity contribution in [3.8, 4) is 34.5 Å². The Morgan fingerprint density at radius 3 is 1.41 bits per heavy atom.